The molecule has 0 aliphatic heterocycles. The lowest BCUT2D eigenvalue weighted by Gasteiger charge is -2.08. The van der Waals surface area contributed by atoms with Crippen molar-refractivity contribution in [2.75, 3.05) is 0 Å². The highest BCUT2D eigenvalue weighted by atomic mass is 19.1. The van der Waals surface area contributed by atoms with Crippen LogP contribution in [-0.2, 0) is 6.54 Å². The van der Waals surface area contributed by atoms with Crippen molar-refractivity contribution in [3.05, 3.63) is 54.0 Å². The Balaban J connectivity index is 2.25. The van der Waals surface area contributed by atoms with Gasteiger partial charge in [-0.25, -0.2) is 4.39 Å². The van der Waals surface area contributed by atoms with Crippen LogP contribution in [0.5, 0.6) is 5.75 Å². The van der Waals surface area contributed by atoms with E-state index in [0.29, 0.717) is 0 Å². The van der Waals surface area contributed by atoms with Gasteiger partial charge in [0.15, 0.2) is 0 Å². The lowest BCUT2D eigenvalue weighted by molar-refractivity contribution is 0.476. The number of aryl methyl sites for hydroxylation is 1. The Labute approximate surface area is 129 Å². The number of unbranched alkanes of at least 4 members (excludes halogenated alkanes) is 1. The van der Waals surface area contributed by atoms with E-state index in [2.05, 4.69) is 18.4 Å². The zero-order chi connectivity index (χ0) is 15.7. The van der Waals surface area contributed by atoms with E-state index in [1.807, 2.05) is 6.07 Å². The summed E-state index contributed by atoms with van der Waals surface area (Å²) in [5, 5.41) is 10.9. The fourth-order valence-corrected chi connectivity index (χ4v) is 3.06. The van der Waals surface area contributed by atoms with Crippen molar-refractivity contribution in [2.45, 2.75) is 33.2 Å². The first kappa shape index (κ1) is 14.6. The molecule has 1 heterocycles. The normalized spacial score (nSPS) is 11.2. The first-order valence-electron chi connectivity index (χ1n) is 7.69. The van der Waals surface area contributed by atoms with E-state index in [-0.39, 0.29) is 11.6 Å². The van der Waals surface area contributed by atoms with Crippen molar-refractivity contribution in [1.82, 2.24) is 4.57 Å². The largest absolute Gasteiger partial charge is 0.508 e. The maximum absolute atomic E-state index is 13.2. The number of fused-ring (bicyclic) bond motifs is 1. The molecule has 0 fully saturated rings. The number of rotatable bonds is 4. The third-order valence-electron chi connectivity index (χ3n) is 4.18. The molecule has 2 nitrogen and oxygen atoms in total. The van der Waals surface area contributed by atoms with Gasteiger partial charge in [0, 0.05) is 28.7 Å². The van der Waals surface area contributed by atoms with Gasteiger partial charge in [-0.15, -0.1) is 0 Å². The van der Waals surface area contributed by atoms with Crippen LogP contribution in [0, 0.1) is 12.7 Å². The van der Waals surface area contributed by atoms with Crippen molar-refractivity contribution in [1.29, 1.82) is 0 Å². The molecule has 0 spiro atoms. The molecule has 0 bridgehead atoms. The Morgan fingerprint density at radius 3 is 2.50 bits per heavy atom. The monoisotopic (exact) mass is 297 g/mol. The van der Waals surface area contributed by atoms with E-state index < -0.39 is 0 Å². The molecule has 0 saturated heterocycles. The number of halogens is 1. The molecule has 0 unspecified atom stereocenters. The predicted octanol–water partition coefficient (Wildman–Crippen LogP) is 5.26. The fourth-order valence-electron chi connectivity index (χ4n) is 3.06. The van der Waals surface area contributed by atoms with Gasteiger partial charge in [-0.1, -0.05) is 25.5 Å². The standard InChI is InChI=1S/C19H20FNO/c1-3-4-11-21-13(2)19(14-5-7-15(20)8-6-14)17-12-16(22)9-10-18(17)21/h5-10,12,22H,3-4,11H2,1-2H3. The summed E-state index contributed by atoms with van der Waals surface area (Å²) in [6, 6.07) is 12.0. The highest BCUT2D eigenvalue weighted by molar-refractivity contribution is 5.98. The zero-order valence-electron chi connectivity index (χ0n) is 12.9. The first-order valence-corrected chi connectivity index (χ1v) is 7.69. The van der Waals surface area contributed by atoms with Crippen LogP contribution in [-0.4, -0.2) is 9.67 Å². The molecule has 0 aliphatic carbocycles. The molecule has 2 aromatic carbocycles. The lowest BCUT2D eigenvalue weighted by Crippen LogP contribution is -1.99. The number of hydrogen-bond acceptors (Lipinski definition) is 1. The minimum absolute atomic E-state index is 0.237. The quantitative estimate of drug-likeness (QED) is 0.698. The van der Waals surface area contributed by atoms with Gasteiger partial charge in [-0.2, -0.15) is 0 Å². The fraction of sp³-hybridized carbons (Fsp3) is 0.263. The van der Waals surface area contributed by atoms with Crippen LogP contribution in [0.4, 0.5) is 4.39 Å². The number of phenols is 1. The summed E-state index contributed by atoms with van der Waals surface area (Å²) in [5.41, 5.74) is 4.32. The average Bonchev–Trinajstić information content (AvgIpc) is 2.77. The summed E-state index contributed by atoms with van der Waals surface area (Å²) in [6.45, 7) is 5.21. The Kier molecular flexibility index (Phi) is 3.88. The van der Waals surface area contributed by atoms with Crippen molar-refractivity contribution in [2.24, 2.45) is 0 Å². The topological polar surface area (TPSA) is 25.2 Å². The van der Waals surface area contributed by atoms with Gasteiger partial charge >= 0.3 is 0 Å². The van der Waals surface area contributed by atoms with E-state index in [1.165, 1.54) is 12.1 Å². The maximum atomic E-state index is 13.2. The summed E-state index contributed by atoms with van der Waals surface area (Å²) in [7, 11) is 0. The van der Waals surface area contributed by atoms with Crippen LogP contribution in [0.1, 0.15) is 25.5 Å². The Hall–Kier alpha value is -2.29. The van der Waals surface area contributed by atoms with Gasteiger partial charge in [-0.3, -0.25) is 0 Å². The van der Waals surface area contributed by atoms with E-state index >= 15 is 0 Å². The van der Waals surface area contributed by atoms with Gasteiger partial charge in [-0.05, 0) is 49.2 Å². The molecule has 22 heavy (non-hydrogen) atoms. The van der Waals surface area contributed by atoms with E-state index in [1.54, 1.807) is 24.3 Å². The predicted molar refractivity (Wildman–Crippen MR) is 88.6 cm³/mol. The van der Waals surface area contributed by atoms with Crippen LogP contribution in [0.2, 0.25) is 0 Å². The highest BCUT2D eigenvalue weighted by Gasteiger charge is 2.15. The van der Waals surface area contributed by atoms with Crippen LogP contribution < -0.4 is 0 Å². The Morgan fingerprint density at radius 2 is 1.82 bits per heavy atom. The van der Waals surface area contributed by atoms with Gasteiger partial charge in [0.05, 0.1) is 0 Å². The molecular formula is C19H20FNO. The summed E-state index contributed by atoms with van der Waals surface area (Å²) < 4.78 is 15.5. The maximum Gasteiger partial charge on any atom is 0.123 e. The van der Waals surface area contributed by atoms with Crippen molar-refractivity contribution < 1.29 is 9.50 Å². The molecular weight excluding hydrogens is 277 g/mol. The minimum atomic E-state index is -0.237. The van der Waals surface area contributed by atoms with Crippen LogP contribution in [0.15, 0.2) is 42.5 Å². The Morgan fingerprint density at radius 1 is 1.09 bits per heavy atom. The summed E-state index contributed by atoms with van der Waals surface area (Å²) in [6.07, 6.45) is 2.23. The summed E-state index contributed by atoms with van der Waals surface area (Å²) in [5.74, 6) is 0.0162. The molecule has 0 saturated carbocycles. The van der Waals surface area contributed by atoms with Crippen LogP contribution in [0.3, 0.4) is 0 Å². The average molecular weight is 297 g/mol. The van der Waals surface area contributed by atoms with Crippen molar-refractivity contribution in [3.63, 3.8) is 0 Å². The molecule has 3 heteroatoms. The van der Waals surface area contributed by atoms with E-state index in [0.717, 1.165) is 47.1 Å². The summed E-state index contributed by atoms with van der Waals surface area (Å²) >= 11 is 0. The molecule has 0 radical (unpaired) electrons. The molecule has 114 valence electrons. The van der Waals surface area contributed by atoms with Gasteiger partial charge in [0.1, 0.15) is 11.6 Å². The number of phenolic OH excluding ortho intramolecular Hbond substituents is 1. The lowest BCUT2D eigenvalue weighted by atomic mass is 10.0. The van der Waals surface area contributed by atoms with Crippen molar-refractivity contribution in [3.8, 4) is 16.9 Å². The van der Waals surface area contributed by atoms with E-state index in [9.17, 15) is 9.50 Å². The number of aromatic nitrogens is 1. The number of nitrogens with zero attached hydrogens (tertiary/aromatic N) is 1. The second-order valence-corrected chi connectivity index (χ2v) is 5.67. The van der Waals surface area contributed by atoms with Crippen LogP contribution >= 0.6 is 0 Å². The third kappa shape index (κ3) is 2.47. The molecule has 3 rings (SSSR count). The number of aromatic hydroxyl groups is 1. The molecule has 1 aromatic heterocycles. The van der Waals surface area contributed by atoms with E-state index in [4.69, 9.17) is 0 Å². The second kappa shape index (κ2) is 5.84. The first-order chi connectivity index (χ1) is 10.6. The molecule has 3 aromatic rings. The van der Waals surface area contributed by atoms with Gasteiger partial charge < -0.3 is 9.67 Å². The number of benzene rings is 2. The molecule has 0 amide bonds. The third-order valence-corrected chi connectivity index (χ3v) is 4.18. The summed E-state index contributed by atoms with van der Waals surface area (Å²) in [4.78, 5) is 0. The smallest absolute Gasteiger partial charge is 0.123 e. The Bertz CT molecular complexity index is 802. The minimum Gasteiger partial charge on any atom is -0.508 e. The van der Waals surface area contributed by atoms with Gasteiger partial charge in [0.2, 0.25) is 0 Å². The molecule has 0 atom stereocenters. The SMILES string of the molecule is CCCCn1c(C)c(-c2ccc(F)cc2)c2cc(O)ccc21. The molecule has 0 aliphatic rings. The molecule has 1 N–H and O–H groups in total. The zero-order valence-corrected chi connectivity index (χ0v) is 12.9. The second-order valence-electron chi connectivity index (χ2n) is 5.67. The van der Waals surface area contributed by atoms with Crippen LogP contribution in [0.25, 0.3) is 22.0 Å². The van der Waals surface area contributed by atoms with Crippen molar-refractivity contribution >= 4 is 10.9 Å². The number of hydrogen-bond donors (Lipinski definition) is 1. The highest BCUT2D eigenvalue weighted by Crippen LogP contribution is 2.36. The van der Waals surface area contributed by atoms with Gasteiger partial charge in [0.25, 0.3) is 0 Å².